The third-order valence-electron chi connectivity index (χ3n) is 12.7. The molecule has 1 aliphatic heterocycles. The molecule has 368 valence electrons. The second-order valence-corrected chi connectivity index (χ2v) is 23.4. The number of aryl methyl sites for hydroxylation is 5. The number of amides is 2. The molecule has 0 bridgehead atoms. The Morgan fingerprint density at radius 1 is 0.667 bits per heavy atom. The van der Waals surface area contributed by atoms with Crippen LogP contribution < -0.4 is 26.0 Å². The first-order chi connectivity index (χ1) is 32.3. The number of sulfonamides is 1. The Labute approximate surface area is 411 Å². The third-order valence-corrected chi connectivity index (χ3v) is 14.3. The Morgan fingerprint density at radius 2 is 1.26 bits per heavy atom. The van der Waals surface area contributed by atoms with E-state index in [1.54, 1.807) is 12.1 Å². The first kappa shape index (κ1) is 52.6. The fourth-order valence-corrected chi connectivity index (χ4v) is 10.9. The van der Waals surface area contributed by atoms with Crippen molar-refractivity contribution in [2.45, 2.75) is 160 Å². The van der Waals surface area contributed by atoms with Gasteiger partial charge in [-0.15, -0.1) is 0 Å². The van der Waals surface area contributed by atoms with Crippen LogP contribution in [0.2, 0.25) is 0 Å². The first-order valence-corrected chi connectivity index (χ1v) is 26.0. The fraction of sp³-hybridized carbons (Fsp3) is 0.431. The summed E-state index contributed by atoms with van der Waals surface area (Å²) in [5, 5.41) is 11.5. The molecule has 1 heterocycles. The van der Waals surface area contributed by atoms with Crippen LogP contribution in [0.4, 0.5) is 28.4 Å². The zero-order chi connectivity index (χ0) is 50.7. The monoisotopic (exact) mass is 954 g/mol. The Balaban J connectivity index is 1.55. The summed E-state index contributed by atoms with van der Waals surface area (Å²) in [5.41, 5.74) is 12.8. The summed E-state index contributed by atoms with van der Waals surface area (Å²) in [7, 11) is -3.97. The van der Waals surface area contributed by atoms with Gasteiger partial charge in [-0.05, 0) is 136 Å². The molecule has 0 fully saturated rings. The van der Waals surface area contributed by atoms with Crippen LogP contribution in [0.3, 0.4) is 0 Å². The molecule has 2 amide bonds. The van der Waals surface area contributed by atoms with E-state index in [9.17, 15) is 18.0 Å². The summed E-state index contributed by atoms with van der Waals surface area (Å²) in [6.45, 7) is 30.5. The largest absolute Gasteiger partial charge is 0.456 e. The van der Waals surface area contributed by atoms with Crippen LogP contribution in [0, 0.1) is 59.3 Å². The molecule has 4 aromatic carbocycles. The second kappa shape index (κ2) is 21.1. The molecular weight excluding hydrogens is 879 g/mol. The Bertz CT molecular complexity index is 3060. The Hall–Kier alpha value is -5.78. The van der Waals surface area contributed by atoms with Gasteiger partial charge in [-0.25, -0.2) is 18.1 Å². The summed E-state index contributed by atoms with van der Waals surface area (Å²) in [5.74, 6) is 0.432. The zero-order valence-electron chi connectivity index (χ0n) is 43.8. The van der Waals surface area contributed by atoms with E-state index < -0.39 is 10.0 Å². The van der Waals surface area contributed by atoms with E-state index in [1.807, 2.05) is 112 Å². The second-order valence-electron chi connectivity index (χ2n) is 21.7. The summed E-state index contributed by atoms with van der Waals surface area (Å²) in [6, 6.07) is 20.9. The maximum absolute atomic E-state index is 14.5. The van der Waals surface area contributed by atoms with Crippen molar-refractivity contribution in [3.05, 3.63) is 111 Å². The highest BCUT2D eigenvalue weighted by atomic mass is 32.2. The standard InChI is InChI=1S/C58H75N5O5S/c1-16-17-18-19-22-39(7)63-69(66,67)49-24-21-20-23-44(49)52-43-26-25-42(59-53-35(3)27-37(5)55(40(53)8)61-50(64)32-57(10,11)12)30-47(43)68-48-31-46(34(2)29-45(48)52)60-54-36(4)28-38(6)56(41(54)9)62-51(65)33-58(13,14)15/h20-21,23-31,39,60,63H,16-19,22,32-33H2,1-15H3,(H,61,64)(H,62,65)/b59-42-. The van der Waals surface area contributed by atoms with Crippen LogP contribution in [-0.2, 0) is 19.6 Å². The fourth-order valence-electron chi connectivity index (χ4n) is 9.40. The topological polar surface area (TPSA) is 142 Å². The van der Waals surface area contributed by atoms with Gasteiger partial charge in [-0.1, -0.05) is 104 Å². The van der Waals surface area contributed by atoms with E-state index >= 15 is 0 Å². The number of hydrogen-bond acceptors (Lipinski definition) is 7. The van der Waals surface area contributed by atoms with Crippen LogP contribution >= 0.6 is 0 Å². The number of nitrogens with one attached hydrogen (secondary N) is 4. The predicted molar refractivity (Wildman–Crippen MR) is 287 cm³/mol. The van der Waals surface area contributed by atoms with Gasteiger partial charge >= 0.3 is 0 Å². The minimum atomic E-state index is -3.97. The smallest absolute Gasteiger partial charge is 0.241 e. The quantitative estimate of drug-likeness (QED) is 0.0562. The van der Waals surface area contributed by atoms with Gasteiger partial charge in [0.1, 0.15) is 11.3 Å². The van der Waals surface area contributed by atoms with Gasteiger partial charge in [0.05, 0.1) is 15.9 Å². The highest BCUT2D eigenvalue weighted by molar-refractivity contribution is 7.89. The van der Waals surface area contributed by atoms with Crippen LogP contribution in [-0.4, -0.2) is 26.3 Å². The molecule has 1 unspecified atom stereocenters. The zero-order valence-corrected chi connectivity index (χ0v) is 44.6. The van der Waals surface area contributed by atoms with E-state index in [1.165, 1.54) is 0 Å². The van der Waals surface area contributed by atoms with E-state index in [0.29, 0.717) is 35.1 Å². The first-order valence-electron chi connectivity index (χ1n) is 24.5. The van der Waals surface area contributed by atoms with Crippen LogP contribution in [0.1, 0.15) is 139 Å². The van der Waals surface area contributed by atoms with E-state index in [-0.39, 0.29) is 33.6 Å². The lowest BCUT2D eigenvalue weighted by atomic mass is 9.91. The van der Waals surface area contributed by atoms with Crippen molar-refractivity contribution in [1.82, 2.24) is 4.72 Å². The maximum atomic E-state index is 14.5. The van der Waals surface area contributed by atoms with Crippen molar-refractivity contribution in [3.63, 3.8) is 0 Å². The molecule has 2 aliphatic rings. The van der Waals surface area contributed by atoms with Crippen LogP contribution in [0.5, 0.6) is 0 Å². The van der Waals surface area contributed by atoms with Crippen molar-refractivity contribution < 1.29 is 22.4 Å². The van der Waals surface area contributed by atoms with E-state index in [0.717, 1.165) is 116 Å². The number of anilines is 4. The van der Waals surface area contributed by atoms with Gasteiger partial charge in [-0.3, -0.25) is 9.59 Å². The molecule has 0 spiro atoms. The van der Waals surface area contributed by atoms with Crippen molar-refractivity contribution in [2.75, 3.05) is 16.0 Å². The number of unbranched alkanes of at least 4 members (excludes halogenated alkanes) is 3. The van der Waals surface area contributed by atoms with Crippen LogP contribution in [0.15, 0.2) is 81.0 Å². The minimum Gasteiger partial charge on any atom is -0.456 e. The molecule has 0 saturated carbocycles. The van der Waals surface area contributed by atoms with Crippen LogP contribution in [0.25, 0.3) is 33.4 Å². The predicted octanol–water partition coefficient (Wildman–Crippen LogP) is 14.7. The number of carbonyl (C=O) groups is 2. The molecule has 0 radical (unpaired) electrons. The highest BCUT2D eigenvalue weighted by Gasteiger charge is 2.27. The summed E-state index contributed by atoms with van der Waals surface area (Å²) in [4.78, 5) is 31.7. The van der Waals surface area contributed by atoms with Crippen molar-refractivity contribution in [3.8, 4) is 22.5 Å². The SMILES string of the molecule is CCCCCCC(C)NS(=O)(=O)c1ccccc1-c1c2cc/c(=N/c3c(C)cc(C)c(NC(=O)CC(C)(C)C)c3C)cc-2oc2cc(Nc3c(C)cc(C)c(NC(=O)CC(C)(C)C)c3C)c(C)cc12. The maximum Gasteiger partial charge on any atom is 0.241 e. The molecule has 10 nitrogen and oxygen atoms in total. The van der Waals surface area contributed by atoms with E-state index in [4.69, 9.17) is 9.41 Å². The molecule has 11 heteroatoms. The molecule has 4 N–H and O–H groups in total. The lowest BCUT2D eigenvalue weighted by molar-refractivity contribution is -0.118. The summed E-state index contributed by atoms with van der Waals surface area (Å²) < 4.78 is 38.8. The molecule has 6 rings (SSSR count). The van der Waals surface area contributed by atoms with E-state index in [2.05, 4.69) is 67.4 Å². The summed E-state index contributed by atoms with van der Waals surface area (Å²) in [6.07, 6.45) is 5.75. The molecular formula is C58H75N5O5S. The number of fused-ring (bicyclic) bond motifs is 2. The van der Waals surface area contributed by atoms with Crippen molar-refractivity contribution in [1.29, 1.82) is 0 Å². The van der Waals surface area contributed by atoms with Gasteiger partial charge in [-0.2, -0.15) is 0 Å². The molecule has 1 atom stereocenters. The number of benzene rings is 5. The normalized spacial score (nSPS) is 13.0. The van der Waals surface area contributed by atoms with Gasteiger partial charge in [0, 0.05) is 75.8 Å². The minimum absolute atomic E-state index is 0.0374. The van der Waals surface area contributed by atoms with Crippen molar-refractivity contribution in [2.24, 2.45) is 15.8 Å². The average Bonchev–Trinajstić information content (AvgIpc) is 3.23. The molecule has 4 aromatic rings. The number of hydrogen-bond donors (Lipinski definition) is 4. The van der Waals surface area contributed by atoms with Crippen molar-refractivity contribution >= 4 is 61.2 Å². The third kappa shape index (κ3) is 12.7. The number of rotatable bonds is 16. The molecule has 69 heavy (non-hydrogen) atoms. The molecule has 1 aliphatic carbocycles. The van der Waals surface area contributed by atoms with Gasteiger partial charge in [0.25, 0.3) is 0 Å². The highest BCUT2D eigenvalue weighted by Crippen LogP contribution is 2.45. The lowest BCUT2D eigenvalue weighted by Crippen LogP contribution is -2.32. The lowest BCUT2D eigenvalue weighted by Gasteiger charge is -2.23. The Kier molecular flexibility index (Phi) is 16.1. The summed E-state index contributed by atoms with van der Waals surface area (Å²) >= 11 is 0. The molecule has 0 aromatic heterocycles. The van der Waals surface area contributed by atoms with Gasteiger partial charge in [0.2, 0.25) is 21.8 Å². The van der Waals surface area contributed by atoms with Gasteiger partial charge in [0.15, 0.2) is 0 Å². The number of nitrogens with zero attached hydrogens (tertiary/aromatic N) is 1. The molecule has 0 saturated heterocycles. The van der Waals surface area contributed by atoms with Gasteiger partial charge < -0.3 is 20.4 Å². The average molecular weight is 954 g/mol. The Morgan fingerprint density at radius 3 is 1.88 bits per heavy atom. The number of carbonyl (C=O) groups excluding carboxylic acids is 2.